The minimum atomic E-state index is -4.42. The van der Waals surface area contributed by atoms with Crippen LogP contribution in [0.25, 0.3) is 5.82 Å². The molecule has 0 aliphatic heterocycles. The van der Waals surface area contributed by atoms with Gasteiger partial charge in [0, 0.05) is 17.7 Å². The highest BCUT2D eigenvalue weighted by Crippen LogP contribution is 2.30. The SMILES string of the molecule is CC(C)(C)c1cc(OCC(F)(F)F)nn1-c1ncccc1Cl. The molecule has 2 aromatic rings. The van der Waals surface area contributed by atoms with Gasteiger partial charge in [0.15, 0.2) is 12.4 Å². The van der Waals surface area contributed by atoms with Crippen LogP contribution in [0, 0.1) is 0 Å². The fourth-order valence-corrected chi connectivity index (χ4v) is 2.02. The lowest BCUT2D eigenvalue weighted by Crippen LogP contribution is -2.19. The molecule has 0 aliphatic carbocycles. The molecule has 22 heavy (non-hydrogen) atoms. The summed E-state index contributed by atoms with van der Waals surface area (Å²) in [5.74, 6) is 0.222. The van der Waals surface area contributed by atoms with Crippen molar-refractivity contribution in [1.82, 2.24) is 14.8 Å². The number of ether oxygens (including phenoxy) is 1. The van der Waals surface area contributed by atoms with Crippen molar-refractivity contribution in [3.8, 4) is 11.7 Å². The van der Waals surface area contributed by atoms with Crippen LogP contribution >= 0.6 is 11.6 Å². The minimum Gasteiger partial charge on any atom is -0.467 e. The van der Waals surface area contributed by atoms with Crippen LogP contribution in [0.2, 0.25) is 5.02 Å². The van der Waals surface area contributed by atoms with E-state index in [2.05, 4.69) is 10.1 Å². The third-order valence-electron chi connectivity index (χ3n) is 2.78. The van der Waals surface area contributed by atoms with Gasteiger partial charge in [-0.2, -0.15) is 13.2 Å². The molecule has 0 N–H and O–H groups in total. The molecule has 2 heterocycles. The highest BCUT2D eigenvalue weighted by molar-refractivity contribution is 6.32. The Morgan fingerprint density at radius 3 is 2.50 bits per heavy atom. The first-order chi connectivity index (χ1) is 10.1. The fraction of sp³-hybridized carbons (Fsp3) is 0.429. The second-order valence-electron chi connectivity index (χ2n) is 5.74. The van der Waals surface area contributed by atoms with E-state index in [0.717, 1.165) is 0 Å². The summed E-state index contributed by atoms with van der Waals surface area (Å²) in [6, 6.07) is 4.76. The standard InChI is InChI=1S/C14H15ClF3N3O/c1-13(2,3)10-7-11(22-8-14(16,17)18)20-21(10)12-9(15)5-4-6-19-12/h4-7H,8H2,1-3H3. The Kier molecular flexibility index (Phi) is 4.37. The van der Waals surface area contributed by atoms with Crippen molar-refractivity contribution in [3.63, 3.8) is 0 Å². The van der Waals surface area contributed by atoms with Crippen LogP contribution < -0.4 is 4.74 Å². The Morgan fingerprint density at radius 2 is 1.95 bits per heavy atom. The average molecular weight is 334 g/mol. The molecule has 0 spiro atoms. The van der Waals surface area contributed by atoms with Crippen molar-refractivity contribution in [2.75, 3.05) is 6.61 Å². The molecule has 0 saturated heterocycles. The predicted octanol–water partition coefficient (Wildman–Crippen LogP) is 4.16. The Balaban J connectivity index is 2.44. The number of pyridine rings is 1. The molecule has 4 nitrogen and oxygen atoms in total. The number of aromatic nitrogens is 3. The van der Waals surface area contributed by atoms with E-state index < -0.39 is 12.8 Å². The molecule has 0 aliphatic rings. The number of hydrogen-bond acceptors (Lipinski definition) is 3. The largest absolute Gasteiger partial charge is 0.467 e. The average Bonchev–Trinajstić information content (AvgIpc) is 2.80. The summed E-state index contributed by atoms with van der Waals surface area (Å²) < 4.78 is 43.0. The molecule has 2 rings (SSSR count). The number of rotatable bonds is 3. The third-order valence-corrected chi connectivity index (χ3v) is 3.07. The van der Waals surface area contributed by atoms with Crippen molar-refractivity contribution in [2.45, 2.75) is 32.4 Å². The van der Waals surface area contributed by atoms with Gasteiger partial charge in [0.25, 0.3) is 0 Å². The van der Waals surface area contributed by atoms with Gasteiger partial charge in [0.1, 0.15) is 0 Å². The molecular formula is C14H15ClF3N3O. The molecule has 8 heteroatoms. The summed E-state index contributed by atoms with van der Waals surface area (Å²) in [5.41, 5.74) is 0.263. The quantitative estimate of drug-likeness (QED) is 0.846. The van der Waals surface area contributed by atoms with E-state index in [1.54, 1.807) is 12.1 Å². The van der Waals surface area contributed by atoms with Crippen molar-refractivity contribution in [2.24, 2.45) is 0 Å². The van der Waals surface area contributed by atoms with Crippen LogP contribution in [0.5, 0.6) is 5.88 Å². The molecule has 120 valence electrons. The summed E-state index contributed by atoms with van der Waals surface area (Å²) in [5, 5.41) is 4.40. The smallest absolute Gasteiger partial charge is 0.422 e. The van der Waals surface area contributed by atoms with Crippen LogP contribution in [0.3, 0.4) is 0 Å². The summed E-state index contributed by atoms with van der Waals surface area (Å²) in [6.07, 6.45) is -2.89. The zero-order chi connectivity index (χ0) is 16.5. The number of nitrogens with zero attached hydrogens (tertiary/aromatic N) is 3. The van der Waals surface area contributed by atoms with E-state index in [1.807, 2.05) is 20.8 Å². The van der Waals surface area contributed by atoms with E-state index in [-0.39, 0.29) is 11.3 Å². The summed E-state index contributed by atoms with van der Waals surface area (Å²) in [6.45, 7) is 4.32. The molecule has 0 unspecified atom stereocenters. The molecule has 0 radical (unpaired) electrons. The fourth-order valence-electron chi connectivity index (χ4n) is 1.81. The molecule has 0 atom stereocenters. The molecular weight excluding hydrogens is 319 g/mol. The van der Waals surface area contributed by atoms with Gasteiger partial charge in [-0.25, -0.2) is 9.67 Å². The normalized spacial score (nSPS) is 12.5. The second kappa shape index (κ2) is 5.79. The summed E-state index contributed by atoms with van der Waals surface area (Å²) >= 11 is 6.10. The van der Waals surface area contributed by atoms with Crippen molar-refractivity contribution >= 4 is 11.6 Å². The van der Waals surface area contributed by atoms with Crippen molar-refractivity contribution < 1.29 is 17.9 Å². The van der Waals surface area contributed by atoms with Crippen molar-refractivity contribution in [1.29, 1.82) is 0 Å². The van der Waals surface area contributed by atoms with Gasteiger partial charge in [-0.15, -0.1) is 5.10 Å². The van der Waals surface area contributed by atoms with Gasteiger partial charge >= 0.3 is 6.18 Å². The zero-order valence-electron chi connectivity index (χ0n) is 12.3. The van der Waals surface area contributed by atoms with Crippen LogP contribution in [-0.2, 0) is 5.41 Å². The van der Waals surface area contributed by atoms with E-state index in [4.69, 9.17) is 16.3 Å². The maximum absolute atomic E-state index is 12.3. The van der Waals surface area contributed by atoms with Crippen LogP contribution in [-0.4, -0.2) is 27.5 Å². The van der Waals surface area contributed by atoms with E-state index in [1.165, 1.54) is 16.9 Å². The van der Waals surface area contributed by atoms with E-state index >= 15 is 0 Å². The lowest BCUT2D eigenvalue weighted by molar-refractivity contribution is -0.154. The first kappa shape index (κ1) is 16.6. The number of halogens is 4. The van der Waals surface area contributed by atoms with Gasteiger partial charge in [-0.05, 0) is 12.1 Å². The maximum Gasteiger partial charge on any atom is 0.422 e. The van der Waals surface area contributed by atoms with Crippen LogP contribution in [0.4, 0.5) is 13.2 Å². The first-order valence-electron chi connectivity index (χ1n) is 6.49. The van der Waals surface area contributed by atoms with Gasteiger partial charge in [0.05, 0.1) is 10.7 Å². The van der Waals surface area contributed by atoms with E-state index in [9.17, 15) is 13.2 Å². The van der Waals surface area contributed by atoms with Gasteiger partial charge in [0.2, 0.25) is 5.88 Å². The van der Waals surface area contributed by atoms with Crippen LogP contribution in [0.15, 0.2) is 24.4 Å². The Labute approximate surface area is 130 Å². The molecule has 0 bridgehead atoms. The topological polar surface area (TPSA) is 39.9 Å². The minimum absolute atomic E-state index is 0.121. The number of hydrogen-bond donors (Lipinski definition) is 0. The monoisotopic (exact) mass is 333 g/mol. The maximum atomic E-state index is 12.3. The highest BCUT2D eigenvalue weighted by Gasteiger charge is 2.30. The Bertz CT molecular complexity index is 662. The third kappa shape index (κ3) is 3.91. The number of alkyl halides is 3. The van der Waals surface area contributed by atoms with Gasteiger partial charge in [-0.3, -0.25) is 0 Å². The highest BCUT2D eigenvalue weighted by atomic mass is 35.5. The predicted molar refractivity (Wildman–Crippen MR) is 76.6 cm³/mol. The molecule has 0 fully saturated rings. The lowest BCUT2D eigenvalue weighted by Gasteiger charge is -2.19. The summed E-state index contributed by atoms with van der Waals surface area (Å²) in [4.78, 5) is 4.14. The second-order valence-corrected chi connectivity index (χ2v) is 6.15. The molecule has 0 saturated carbocycles. The first-order valence-corrected chi connectivity index (χ1v) is 6.87. The van der Waals surface area contributed by atoms with Crippen molar-refractivity contribution in [3.05, 3.63) is 35.1 Å². The van der Waals surface area contributed by atoms with Gasteiger partial charge < -0.3 is 4.74 Å². The zero-order valence-corrected chi connectivity index (χ0v) is 13.0. The summed E-state index contributed by atoms with van der Waals surface area (Å²) in [7, 11) is 0. The molecule has 2 aromatic heterocycles. The van der Waals surface area contributed by atoms with Crippen LogP contribution in [0.1, 0.15) is 26.5 Å². The lowest BCUT2D eigenvalue weighted by atomic mass is 9.92. The molecule has 0 aromatic carbocycles. The van der Waals surface area contributed by atoms with Gasteiger partial charge in [-0.1, -0.05) is 32.4 Å². The van der Waals surface area contributed by atoms with E-state index in [0.29, 0.717) is 16.5 Å². The molecule has 0 amide bonds. The Hall–Kier alpha value is -1.76. The Morgan fingerprint density at radius 1 is 1.27 bits per heavy atom.